The van der Waals surface area contributed by atoms with Gasteiger partial charge < -0.3 is 10.1 Å². The molecule has 3 rings (SSSR count). The Morgan fingerprint density at radius 1 is 1.19 bits per heavy atom. The summed E-state index contributed by atoms with van der Waals surface area (Å²) < 4.78 is 7.94. The highest BCUT2D eigenvalue weighted by Crippen LogP contribution is 2.31. The second-order valence-electron chi connectivity index (χ2n) is 6.08. The second-order valence-corrected chi connectivity index (χ2v) is 8.46. The summed E-state index contributed by atoms with van der Waals surface area (Å²) in [7, 11) is 0. The van der Waals surface area contributed by atoms with Crippen molar-refractivity contribution in [2.75, 3.05) is 17.7 Å². The molecule has 1 aromatic heterocycles. The van der Waals surface area contributed by atoms with Crippen molar-refractivity contribution in [2.24, 2.45) is 0 Å². The number of anilines is 1. The monoisotopic (exact) mass is 386 g/mol. The van der Waals surface area contributed by atoms with Crippen LogP contribution in [0.3, 0.4) is 0 Å². The van der Waals surface area contributed by atoms with Crippen molar-refractivity contribution >= 4 is 44.9 Å². The Hall–Kier alpha value is -2.05. The number of rotatable bonds is 7. The number of thiazole rings is 1. The molecular formula is C20H22N2O2S2. The van der Waals surface area contributed by atoms with Gasteiger partial charge in [-0.3, -0.25) is 4.79 Å². The molecule has 0 bridgehead atoms. The standard InChI is InChI=1S/C20H22N2O2S2/c1-4-19(23)21-15-5-6-17-18(12-15)26-20(22-17)25-8-7-24-16-10-13(2)9-14(3)11-16/h5-6,9-12H,4,7-8H2,1-3H3,(H,21,23). The van der Waals surface area contributed by atoms with Crippen molar-refractivity contribution < 1.29 is 9.53 Å². The van der Waals surface area contributed by atoms with E-state index < -0.39 is 0 Å². The third-order valence-electron chi connectivity index (χ3n) is 3.75. The molecule has 0 aliphatic rings. The maximum Gasteiger partial charge on any atom is 0.224 e. The normalized spacial score (nSPS) is 10.9. The number of aromatic nitrogens is 1. The average Bonchev–Trinajstić information content (AvgIpc) is 3.00. The number of thioether (sulfide) groups is 1. The van der Waals surface area contributed by atoms with Crippen molar-refractivity contribution in [3.05, 3.63) is 47.5 Å². The highest BCUT2D eigenvalue weighted by molar-refractivity contribution is 8.01. The lowest BCUT2D eigenvalue weighted by molar-refractivity contribution is -0.115. The van der Waals surface area contributed by atoms with Crippen LogP contribution in [-0.2, 0) is 4.79 Å². The van der Waals surface area contributed by atoms with Gasteiger partial charge >= 0.3 is 0 Å². The maximum atomic E-state index is 11.5. The number of carbonyl (C=O) groups excluding carboxylic acids is 1. The zero-order chi connectivity index (χ0) is 18.5. The number of benzene rings is 2. The first-order valence-electron chi connectivity index (χ1n) is 8.58. The van der Waals surface area contributed by atoms with Crippen LogP contribution in [0.5, 0.6) is 5.75 Å². The summed E-state index contributed by atoms with van der Waals surface area (Å²) in [5.74, 6) is 1.78. The summed E-state index contributed by atoms with van der Waals surface area (Å²) in [6, 6.07) is 12.1. The van der Waals surface area contributed by atoms with E-state index in [-0.39, 0.29) is 5.91 Å². The first-order chi connectivity index (χ1) is 12.5. The number of fused-ring (bicyclic) bond motifs is 1. The lowest BCUT2D eigenvalue weighted by atomic mass is 10.1. The number of aryl methyl sites for hydroxylation is 2. The molecule has 6 heteroatoms. The SMILES string of the molecule is CCC(=O)Nc1ccc2nc(SCCOc3cc(C)cc(C)c3)sc2c1. The highest BCUT2D eigenvalue weighted by atomic mass is 32.2. The summed E-state index contributed by atoms with van der Waals surface area (Å²) in [5.41, 5.74) is 4.21. The van der Waals surface area contributed by atoms with Gasteiger partial charge in [0.05, 0.1) is 16.8 Å². The lowest BCUT2D eigenvalue weighted by Crippen LogP contribution is -2.08. The summed E-state index contributed by atoms with van der Waals surface area (Å²) in [6.45, 7) is 6.64. The molecule has 0 atom stereocenters. The average molecular weight is 387 g/mol. The maximum absolute atomic E-state index is 11.5. The lowest BCUT2D eigenvalue weighted by Gasteiger charge is -2.07. The van der Waals surface area contributed by atoms with E-state index in [1.54, 1.807) is 23.1 Å². The van der Waals surface area contributed by atoms with Gasteiger partial charge in [0.25, 0.3) is 0 Å². The molecule has 0 spiro atoms. The molecular weight excluding hydrogens is 364 g/mol. The second kappa shape index (κ2) is 8.56. The fourth-order valence-electron chi connectivity index (χ4n) is 2.60. The van der Waals surface area contributed by atoms with Crippen LogP contribution < -0.4 is 10.1 Å². The van der Waals surface area contributed by atoms with E-state index in [0.717, 1.165) is 31.7 Å². The van der Waals surface area contributed by atoms with Gasteiger partial charge in [-0.15, -0.1) is 11.3 Å². The minimum atomic E-state index is 0.0204. The van der Waals surface area contributed by atoms with Crippen LogP contribution in [0.1, 0.15) is 24.5 Å². The van der Waals surface area contributed by atoms with Crippen LogP contribution in [0.25, 0.3) is 10.2 Å². The molecule has 2 aromatic carbocycles. The van der Waals surface area contributed by atoms with Gasteiger partial charge in [0, 0.05) is 17.9 Å². The zero-order valence-electron chi connectivity index (χ0n) is 15.2. The van der Waals surface area contributed by atoms with Gasteiger partial charge in [-0.2, -0.15) is 0 Å². The van der Waals surface area contributed by atoms with Crippen molar-refractivity contribution in [3.63, 3.8) is 0 Å². The third-order valence-corrected chi connectivity index (χ3v) is 5.87. The molecule has 1 amide bonds. The smallest absolute Gasteiger partial charge is 0.224 e. The molecule has 0 unspecified atom stereocenters. The van der Waals surface area contributed by atoms with Gasteiger partial charge in [-0.25, -0.2) is 4.98 Å². The van der Waals surface area contributed by atoms with Crippen molar-refractivity contribution in [1.29, 1.82) is 0 Å². The van der Waals surface area contributed by atoms with Crippen LogP contribution >= 0.6 is 23.1 Å². The van der Waals surface area contributed by atoms with E-state index in [1.807, 2.05) is 25.1 Å². The first-order valence-corrected chi connectivity index (χ1v) is 10.4. The Morgan fingerprint density at radius 3 is 2.69 bits per heavy atom. The molecule has 0 saturated carbocycles. The predicted molar refractivity (Wildman–Crippen MR) is 111 cm³/mol. The number of nitrogens with one attached hydrogen (secondary N) is 1. The zero-order valence-corrected chi connectivity index (χ0v) is 16.8. The molecule has 136 valence electrons. The fraction of sp³-hybridized carbons (Fsp3) is 0.300. The van der Waals surface area contributed by atoms with Crippen LogP contribution in [0.15, 0.2) is 40.7 Å². The summed E-state index contributed by atoms with van der Waals surface area (Å²) in [6.07, 6.45) is 0.474. The highest BCUT2D eigenvalue weighted by Gasteiger charge is 2.07. The van der Waals surface area contributed by atoms with Crippen molar-refractivity contribution in [2.45, 2.75) is 31.5 Å². The Balaban J connectivity index is 1.56. The number of hydrogen-bond donors (Lipinski definition) is 1. The topological polar surface area (TPSA) is 51.2 Å². The minimum Gasteiger partial charge on any atom is -0.493 e. The molecule has 0 saturated heterocycles. The Morgan fingerprint density at radius 2 is 1.96 bits per heavy atom. The quantitative estimate of drug-likeness (QED) is 0.434. The van der Waals surface area contributed by atoms with E-state index >= 15 is 0 Å². The van der Waals surface area contributed by atoms with Crippen LogP contribution in [0.4, 0.5) is 5.69 Å². The Kier molecular flexibility index (Phi) is 6.16. The largest absolute Gasteiger partial charge is 0.493 e. The van der Waals surface area contributed by atoms with Gasteiger partial charge in [-0.1, -0.05) is 24.8 Å². The third kappa shape index (κ3) is 4.99. The molecule has 0 aliphatic carbocycles. The summed E-state index contributed by atoms with van der Waals surface area (Å²) in [4.78, 5) is 16.2. The fourth-order valence-corrected chi connectivity index (χ4v) is 4.59. The first kappa shape index (κ1) is 18.7. The van der Waals surface area contributed by atoms with Crippen molar-refractivity contribution in [1.82, 2.24) is 4.98 Å². The number of amides is 1. The van der Waals surface area contributed by atoms with E-state index in [9.17, 15) is 4.79 Å². The van der Waals surface area contributed by atoms with E-state index in [0.29, 0.717) is 13.0 Å². The van der Waals surface area contributed by atoms with Crippen LogP contribution in [0.2, 0.25) is 0 Å². The molecule has 0 aliphatic heterocycles. The van der Waals surface area contributed by atoms with Gasteiger partial charge in [0.1, 0.15) is 5.75 Å². The Bertz CT molecular complexity index is 901. The van der Waals surface area contributed by atoms with Crippen molar-refractivity contribution in [3.8, 4) is 5.75 Å². The van der Waals surface area contributed by atoms with E-state index in [2.05, 4.69) is 42.3 Å². The molecule has 1 N–H and O–H groups in total. The molecule has 3 aromatic rings. The molecule has 0 radical (unpaired) electrons. The molecule has 0 fully saturated rings. The van der Waals surface area contributed by atoms with Gasteiger partial charge in [-0.05, 0) is 55.3 Å². The van der Waals surface area contributed by atoms with E-state index in [1.165, 1.54) is 11.1 Å². The summed E-state index contributed by atoms with van der Waals surface area (Å²) in [5, 5.41) is 2.89. The van der Waals surface area contributed by atoms with Gasteiger partial charge in [0.15, 0.2) is 4.34 Å². The number of ether oxygens (including phenoxy) is 1. The predicted octanol–water partition coefficient (Wildman–Crippen LogP) is 5.43. The minimum absolute atomic E-state index is 0.0204. The molecule has 4 nitrogen and oxygen atoms in total. The summed E-state index contributed by atoms with van der Waals surface area (Å²) >= 11 is 3.34. The Labute approximate surface area is 162 Å². The van der Waals surface area contributed by atoms with Crippen LogP contribution in [-0.4, -0.2) is 23.3 Å². The number of nitrogens with zero attached hydrogens (tertiary/aromatic N) is 1. The number of hydrogen-bond acceptors (Lipinski definition) is 5. The number of carbonyl (C=O) groups is 1. The van der Waals surface area contributed by atoms with Gasteiger partial charge in [0.2, 0.25) is 5.91 Å². The molecule has 1 heterocycles. The van der Waals surface area contributed by atoms with Crippen LogP contribution in [0, 0.1) is 13.8 Å². The molecule has 26 heavy (non-hydrogen) atoms. The van der Waals surface area contributed by atoms with E-state index in [4.69, 9.17) is 4.74 Å².